The second-order valence-electron chi connectivity index (χ2n) is 8.95. The van der Waals surface area contributed by atoms with Crippen molar-refractivity contribution in [3.8, 4) is 0 Å². The summed E-state index contributed by atoms with van der Waals surface area (Å²) in [5.41, 5.74) is -0.171. The van der Waals surface area contributed by atoms with Crippen molar-refractivity contribution >= 4 is 39.0 Å². The van der Waals surface area contributed by atoms with Gasteiger partial charge in [-0.05, 0) is 54.7 Å². The van der Waals surface area contributed by atoms with Gasteiger partial charge in [0.15, 0.2) is 0 Å². The lowest BCUT2D eigenvalue weighted by molar-refractivity contribution is -0.128. The molecular weight excluding hydrogens is 405 g/mol. The monoisotopic (exact) mass is 429 g/mol. The fourth-order valence-corrected chi connectivity index (χ4v) is 7.93. The average Bonchev–Trinajstić information content (AvgIpc) is 3.35. The molecule has 0 aliphatic heterocycles. The molecule has 0 radical (unpaired) electrons. The van der Waals surface area contributed by atoms with Crippen LogP contribution in [-0.2, 0) is 21.4 Å². The molecule has 2 atom stereocenters. The number of benzene rings is 1. The first-order valence-electron chi connectivity index (χ1n) is 9.54. The second-order valence-corrected chi connectivity index (χ2v) is 11.7. The van der Waals surface area contributed by atoms with E-state index >= 15 is 0 Å². The molecule has 1 aromatic carbocycles. The van der Waals surface area contributed by atoms with Gasteiger partial charge in [-0.1, -0.05) is 43.1 Å². The van der Waals surface area contributed by atoms with E-state index in [0.29, 0.717) is 28.8 Å². The number of fused-ring (bicyclic) bond motifs is 2. The normalized spacial score (nSPS) is 29.7. The molecule has 4 nitrogen and oxygen atoms in total. The van der Waals surface area contributed by atoms with Gasteiger partial charge in [0.25, 0.3) is 0 Å². The predicted molar refractivity (Wildman–Crippen MR) is 107 cm³/mol. The highest BCUT2D eigenvalue weighted by molar-refractivity contribution is 7.89. The van der Waals surface area contributed by atoms with Crippen LogP contribution in [0.25, 0.3) is 0 Å². The second kappa shape index (κ2) is 6.45. The van der Waals surface area contributed by atoms with Crippen molar-refractivity contribution < 1.29 is 13.2 Å². The summed E-state index contributed by atoms with van der Waals surface area (Å²) in [5, 5.41) is 0.877. The number of hydrogen-bond donors (Lipinski definition) is 0. The fourth-order valence-electron chi connectivity index (χ4n) is 5.14. The van der Waals surface area contributed by atoms with E-state index in [4.69, 9.17) is 23.2 Å². The van der Waals surface area contributed by atoms with E-state index < -0.39 is 15.4 Å². The zero-order valence-electron chi connectivity index (χ0n) is 15.7. The Morgan fingerprint density at radius 2 is 1.85 bits per heavy atom. The molecule has 3 saturated carbocycles. The minimum Gasteiger partial charge on any atom is -0.299 e. The molecule has 3 aliphatic carbocycles. The molecule has 0 amide bonds. The van der Waals surface area contributed by atoms with E-state index in [-0.39, 0.29) is 29.5 Å². The number of rotatable bonds is 6. The maximum absolute atomic E-state index is 13.5. The van der Waals surface area contributed by atoms with Crippen LogP contribution >= 0.6 is 23.2 Å². The molecule has 0 unspecified atom stereocenters. The quantitative estimate of drug-likeness (QED) is 0.659. The lowest BCUT2D eigenvalue weighted by Crippen LogP contribution is -2.47. The number of carbonyl (C=O) groups excluding carboxylic acids is 1. The zero-order chi connectivity index (χ0) is 19.6. The number of Topliss-reactive ketones (excluding diaryl/α,β-unsaturated/α-hetero) is 1. The SMILES string of the molecule is CC1(C)[C@H]2CC[C@@]1(CS(=O)(=O)N(Cc1ccc(Cl)c(Cl)c1)C1CC1)C(=O)C2. The summed E-state index contributed by atoms with van der Waals surface area (Å²) in [6.07, 6.45) is 3.90. The topological polar surface area (TPSA) is 54.5 Å². The molecule has 0 heterocycles. The largest absolute Gasteiger partial charge is 0.299 e. The maximum Gasteiger partial charge on any atom is 0.215 e. The third-order valence-corrected chi connectivity index (χ3v) is 9.94. The van der Waals surface area contributed by atoms with Crippen molar-refractivity contribution in [2.75, 3.05) is 5.75 Å². The molecule has 4 rings (SSSR count). The van der Waals surface area contributed by atoms with E-state index in [0.717, 1.165) is 24.8 Å². The highest BCUT2D eigenvalue weighted by Gasteiger charge is 2.65. The Morgan fingerprint density at radius 3 is 2.37 bits per heavy atom. The number of sulfonamides is 1. The van der Waals surface area contributed by atoms with Gasteiger partial charge in [-0.2, -0.15) is 4.31 Å². The molecule has 0 aromatic heterocycles. The summed E-state index contributed by atoms with van der Waals surface area (Å²) in [4.78, 5) is 12.8. The molecule has 3 fully saturated rings. The first-order valence-corrected chi connectivity index (χ1v) is 11.9. The predicted octanol–water partition coefficient (Wildman–Crippen LogP) is 4.68. The lowest BCUT2D eigenvalue weighted by Gasteiger charge is -2.37. The van der Waals surface area contributed by atoms with Gasteiger partial charge in [0.2, 0.25) is 10.0 Å². The molecule has 1 aromatic rings. The Labute approximate surface area is 171 Å². The highest BCUT2D eigenvalue weighted by Crippen LogP contribution is 2.64. The van der Waals surface area contributed by atoms with Crippen LogP contribution in [0.5, 0.6) is 0 Å². The minimum absolute atomic E-state index is 0.0256. The van der Waals surface area contributed by atoms with Crippen LogP contribution in [0, 0.1) is 16.7 Å². The van der Waals surface area contributed by atoms with Crippen LogP contribution in [0.3, 0.4) is 0 Å². The van der Waals surface area contributed by atoms with E-state index in [1.807, 2.05) is 6.07 Å². The Balaban J connectivity index is 1.62. The van der Waals surface area contributed by atoms with Crippen molar-refractivity contribution in [1.82, 2.24) is 4.31 Å². The zero-order valence-corrected chi connectivity index (χ0v) is 18.0. The number of ketones is 1. The van der Waals surface area contributed by atoms with Crippen LogP contribution in [0.2, 0.25) is 10.0 Å². The van der Waals surface area contributed by atoms with Gasteiger partial charge in [-0.3, -0.25) is 4.79 Å². The van der Waals surface area contributed by atoms with Crippen molar-refractivity contribution in [3.05, 3.63) is 33.8 Å². The average molecular weight is 430 g/mol. The van der Waals surface area contributed by atoms with Crippen molar-refractivity contribution in [2.24, 2.45) is 16.7 Å². The van der Waals surface area contributed by atoms with Crippen LogP contribution in [-0.4, -0.2) is 30.3 Å². The molecule has 0 spiro atoms. The molecule has 148 valence electrons. The number of hydrogen-bond acceptors (Lipinski definition) is 3. The summed E-state index contributed by atoms with van der Waals surface area (Å²) in [6.45, 7) is 4.43. The highest BCUT2D eigenvalue weighted by atomic mass is 35.5. The first-order chi connectivity index (χ1) is 12.6. The van der Waals surface area contributed by atoms with E-state index in [2.05, 4.69) is 13.8 Å². The van der Waals surface area contributed by atoms with E-state index in [1.165, 1.54) is 0 Å². The molecule has 3 aliphatic rings. The van der Waals surface area contributed by atoms with Crippen molar-refractivity contribution in [2.45, 2.75) is 58.5 Å². The van der Waals surface area contributed by atoms with Crippen LogP contribution in [0.1, 0.15) is 51.5 Å². The Bertz CT molecular complexity index is 894. The van der Waals surface area contributed by atoms with Crippen LogP contribution in [0.4, 0.5) is 0 Å². The van der Waals surface area contributed by atoms with Gasteiger partial charge in [-0.15, -0.1) is 0 Å². The third-order valence-electron chi connectivity index (χ3n) is 7.20. The standard InChI is InChI=1S/C20H25Cl2NO3S/c1-19(2)14-7-8-20(19,18(24)10-14)12-27(25,26)23(15-4-5-15)11-13-3-6-16(21)17(22)9-13/h3,6,9,14-15H,4-5,7-8,10-12H2,1-2H3/t14-,20+/m0/s1. The van der Waals surface area contributed by atoms with Gasteiger partial charge in [-0.25, -0.2) is 8.42 Å². The number of halogens is 2. The summed E-state index contributed by atoms with van der Waals surface area (Å²) < 4.78 is 28.5. The smallest absolute Gasteiger partial charge is 0.215 e. The van der Waals surface area contributed by atoms with Crippen molar-refractivity contribution in [1.29, 1.82) is 0 Å². The molecule has 2 bridgehead atoms. The van der Waals surface area contributed by atoms with Crippen LogP contribution in [0.15, 0.2) is 18.2 Å². The Hall–Kier alpha value is -0.620. The van der Waals surface area contributed by atoms with Gasteiger partial charge < -0.3 is 0 Å². The maximum atomic E-state index is 13.5. The molecule has 7 heteroatoms. The van der Waals surface area contributed by atoms with Gasteiger partial charge >= 0.3 is 0 Å². The number of nitrogens with zero attached hydrogens (tertiary/aromatic N) is 1. The van der Waals surface area contributed by atoms with E-state index in [1.54, 1.807) is 16.4 Å². The first kappa shape index (κ1) is 19.7. The Kier molecular flexibility index (Phi) is 4.70. The summed E-state index contributed by atoms with van der Waals surface area (Å²) >= 11 is 12.1. The minimum atomic E-state index is -3.58. The van der Waals surface area contributed by atoms with Gasteiger partial charge in [0, 0.05) is 24.4 Å². The summed E-state index contributed by atoms with van der Waals surface area (Å²) in [7, 11) is -3.58. The fraction of sp³-hybridized carbons (Fsp3) is 0.650. The van der Waals surface area contributed by atoms with Gasteiger partial charge in [0.05, 0.1) is 15.8 Å². The van der Waals surface area contributed by atoms with E-state index in [9.17, 15) is 13.2 Å². The Morgan fingerprint density at radius 1 is 1.15 bits per heavy atom. The molecular formula is C20H25Cl2NO3S. The van der Waals surface area contributed by atoms with Crippen LogP contribution < -0.4 is 0 Å². The molecule has 0 saturated heterocycles. The molecule has 27 heavy (non-hydrogen) atoms. The van der Waals surface area contributed by atoms with Gasteiger partial charge in [0.1, 0.15) is 5.78 Å². The van der Waals surface area contributed by atoms with Crippen molar-refractivity contribution in [3.63, 3.8) is 0 Å². The lowest BCUT2D eigenvalue weighted by atomic mass is 9.70. The summed E-state index contributed by atoms with van der Waals surface area (Å²) in [6, 6.07) is 5.26. The summed E-state index contributed by atoms with van der Waals surface area (Å²) in [5.74, 6) is 0.377. The molecule has 0 N–H and O–H groups in total. The third kappa shape index (κ3) is 3.15. The number of carbonyl (C=O) groups is 1.